The number of anilines is 1. The lowest BCUT2D eigenvalue weighted by Crippen LogP contribution is -2.18. The van der Waals surface area contributed by atoms with E-state index in [1.165, 1.54) is 19.3 Å². The number of carbonyl (C=O) groups is 1. The quantitative estimate of drug-likeness (QED) is 0.887. The topological polar surface area (TPSA) is 29.1 Å². The number of carbonyl (C=O) groups excluding carboxylic acids is 1. The van der Waals surface area contributed by atoms with Crippen LogP contribution in [0.5, 0.6) is 0 Å². The van der Waals surface area contributed by atoms with Gasteiger partial charge in [-0.05, 0) is 67.2 Å². The number of hydrogen-bond donors (Lipinski definition) is 1. The Balaban J connectivity index is 1.45. The molecule has 0 radical (unpaired) electrons. The van der Waals surface area contributed by atoms with Crippen molar-refractivity contribution in [1.82, 2.24) is 0 Å². The molecular formula is C15H16BrNO. The predicted octanol–water partition coefficient (Wildman–Crippen LogP) is 3.68. The summed E-state index contributed by atoms with van der Waals surface area (Å²) < 4.78 is 1.04. The second kappa shape index (κ2) is 3.83. The third-order valence-electron chi connectivity index (χ3n) is 5.15. The first kappa shape index (κ1) is 11.0. The first-order chi connectivity index (χ1) is 8.74. The Bertz CT molecular complexity index is 482. The molecule has 1 N–H and O–H groups in total. The van der Waals surface area contributed by atoms with E-state index >= 15 is 0 Å². The Morgan fingerprint density at radius 1 is 1.11 bits per heavy atom. The number of rotatable bonds is 2. The molecule has 0 unspecified atom stereocenters. The molecule has 1 aromatic rings. The molecule has 0 aliphatic heterocycles. The number of hydrogen-bond acceptors (Lipinski definition) is 1. The van der Waals surface area contributed by atoms with E-state index in [0.717, 1.165) is 33.8 Å². The van der Waals surface area contributed by atoms with Crippen molar-refractivity contribution < 1.29 is 4.79 Å². The first-order valence-corrected chi connectivity index (χ1v) is 7.60. The molecule has 3 heteroatoms. The van der Waals surface area contributed by atoms with Gasteiger partial charge in [-0.15, -0.1) is 0 Å². The molecule has 3 saturated carbocycles. The van der Waals surface area contributed by atoms with E-state index in [2.05, 4.69) is 21.2 Å². The number of nitrogens with one attached hydrogen (secondary N) is 1. The molecule has 4 rings (SSSR count). The molecule has 3 aliphatic carbocycles. The van der Waals surface area contributed by atoms with Crippen molar-refractivity contribution in [2.75, 3.05) is 5.32 Å². The fourth-order valence-electron chi connectivity index (χ4n) is 4.43. The number of fused-ring (bicyclic) bond motifs is 5. The molecule has 94 valence electrons. The molecule has 0 saturated heterocycles. The predicted molar refractivity (Wildman–Crippen MR) is 74.1 cm³/mol. The normalized spacial score (nSPS) is 39.5. The Labute approximate surface area is 115 Å². The van der Waals surface area contributed by atoms with Gasteiger partial charge in [0.25, 0.3) is 0 Å². The van der Waals surface area contributed by atoms with E-state index in [1.54, 1.807) is 0 Å². The van der Waals surface area contributed by atoms with Crippen molar-refractivity contribution in [2.24, 2.45) is 29.6 Å². The van der Waals surface area contributed by atoms with E-state index < -0.39 is 0 Å². The van der Waals surface area contributed by atoms with Gasteiger partial charge in [-0.3, -0.25) is 4.79 Å². The fourth-order valence-corrected chi connectivity index (χ4v) is 4.70. The molecule has 1 aromatic carbocycles. The summed E-state index contributed by atoms with van der Waals surface area (Å²) in [5.74, 6) is 3.74. The summed E-state index contributed by atoms with van der Waals surface area (Å²) in [6.45, 7) is 0. The zero-order valence-corrected chi connectivity index (χ0v) is 11.7. The number of halogens is 1. The van der Waals surface area contributed by atoms with Crippen LogP contribution in [0.25, 0.3) is 0 Å². The van der Waals surface area contributed by atoms with Crippen LogP contribution in [-0.4, -0.2) is 5.91 Å². The Morgan fingerprint density at radius 2 is 1.72 bits per heavy atom. The molecule has 4 atom stereocenters. The molecule has 3 fully saturated rings. The van der Waals surface area contributed by atoms with Gasteiger partial charge >= 0.3 is 0 Å². The third kappa shape index (κ3) is 1.56. The maximum Gasteiger partial charge on any atom is 0.228 e. The summed E-state index contributed by atoms with van der Waals surface area (Å²) in [6.07, 6.45) is 4.14. The fraction of sp³-hybridized carbons (Fsp3) is 0.533. The highest BCUT2D eigenvalue weighted by atomic mass is 79.9. The minimum Gasteiger partial charge on any atom is -0.326 e. The summed E-state index contributed by atoms with van der Waals surface area (Å²) in [6, 6.07) is 7.84. The molecule has 2 bridgehead atoms. The van der Waals surface area contributed by atoms with E-state index in [0.29, 0.717) is 5.92 Å². The average Bonchev–Trinajstić information content (AvgIpc) is 2.82. The van der Waals surface area contributed by atoms with Gasteiger partial charge < -0.3 is 5.32 Å². The maximum atomic E-state index is 12.3. The van der Waals surface area contributed by atoms with Crippen LogP contribution in [0.1, 0.15) is 19.3 Å². The number of benzene rings is 1. The van der Waals surface area contributed by atoms with Crippen molar-refractivity contribution in [3.05, 3.63) is 28.7 Å². The van der Waals surface area contributed by atoms with Crippen molar-refractivity contribution in [2.45, 2.75) is 19.3 Å². The summed E-state index contributed by atoms with van der Waals surface area (Å²) in [5.41, 5.74) is 0.917. The highest BCUT2D eigenvalue weighted by Gasteiger charge is 2.67. The Morgan fingerprint density at radius 3 is 2.33 bits per heavy atom. The minimum atomic E-state index is 0.254. The zero-order chi connectivity index (χ0) is 12.3. The second-order valence-electron chi connectivity index (χ2n) is 6.01. The molecule has 3 aliphatic rings. The maximum absolute atomic E-state index is 12.3. The van der Waals surface area contributed by atoms with Gasteiger partial charge in [0.2, 0.25) is 5.91 Å². The zero-order valence-electron chi connectivity index (χ0n) is 10.1. The standard InChI is InChI=1S/C15H16BrNO/c16-10-3-5-11(6-4-10)17-15(18)14-12-8-1-2-9(7-8)13(12)14/h3-6,8-9,12-14H,1-2,7H2,(H,17,18)/t8-,9-,12+,13+/m0/s1. The minimum absolute atomic E-state index is 0.254. The average molecular weight is 306 g/mol. The van der Waals surface area contributed by atoms with Crippen LogP contribution in [-0.2, 0) is 4.79 Å². The van der Waals surface area contributed by atoms with Gasteiger partial charge in [0, 0.05) is 16.1 Å². The van der Waals surface area contributed by atoms with Gasteiger partial charge in [-0.25, -0.2) is 0 Å². The molecule has 0 heterocycles. The van der Waals surface area contributed by atoms with Gasteiger partial charge in [0.05, 0.1) is 0 Å². The van der Waals surface area contributed by atoms with Gasteiger partial charge in [0.1, 0.15) is 0 Å². The third-order valence-corrected chi connectivity index (χ3v) is 5.68. The van der Waals surface area contributed by atoms with Crippen molar-refractivity contribution in [3.8, 4) is 0 Å². The van der Waals surface area contributed by atoms with Gasteiger partial charge in [-0.1, -0.05) is 15.9 Å². The molecule has 0 aromatic heterocycles. The van der Waals surface area contributed by atoms with Crippen LogP contribution in [0.15, 0.2) is 28.7 Å². The van der Waals surface area contributed by atoms with E-state index in [1.807, 2.05) is 24.3 Å². The first-order valence-electron chi connectivity index (χ1n) is 6.80. The lowest BCUT2D eigenvalue weighted by atomic mass is 10.0. The number of amides is 1. The van der Waals surface area contributed by atoms with Gasteiger partial charge in [-0.2, -0.15) is 0 Å². The SMILES string of the molecule is O=C(Nc1ccc(Br)cc1)C1[C@@H]2[C@H]3CC[C@@H](C3)[C@@H]12. The highest BCUT2D eigenvalue weighted by Crippen LogP contribution is 2.69. The summed E-state index contributed by atoms with van der Waals surface area (Å²) in [4.78, 5) is 12.3. The van der Waals surface area contributed by atoms with Crippen molar-refractivity contribution >= 4 is 27.5 Å². The molecule has 18 heavy (non-hydrogen) atoms. The Hall–Kier alpha value is -0.830. The molecular weight excluding hydrogens is 290 g/mol. The van der Waals surface area contributed by atoms with Gasteiger partial charge in [0.15, 0.2) is 0 Å². The summed E-state index contributed by atoms with van der Waals surface area (Å²) in [5, 5.41) is 3.07. The lowest BCUT2D eigenvalue weighted by Gasteiger charge is -2.09. The van der Waals surface area contributed by atoms with Crippen LogP contribution in [0, 0.1) is 29.6 Å². The van der Waals surface area contributed by atoms with E-state index in [-0.39, 0.29) is 5.91 Å². The molecule has 1 amide bonds. The smallest absolute Gasteiger partial charge is 0.228 e. The monoisotopic (exact) mass is 305 g/mol. The Kier molecular flexibility index (Phi) is 2.35. The molecule has 2 nitrogen and oxygen atoms in total. The largest absolute Gasteiger partial charge is 0.326 e. The van der Waals surface area contributed by atoms with Crippen LogP contribution in [0.3, 0.4) is 0 Å². The van der Waals surface area contributed by atoms with Crippen LogP contribution >= 0.6 is 15.9 Å². The van der Waals surface area contributed by atoms with E-state index in [4.69, 9.17) is 0 Å². The van der Waals surface area contributed by atoms with E-state index in [9.17, 15) is 4.79 Å². The summed E-state index contributed by atoms with van der Waals surface area (Å²) in [7, 11) is 0. The van der Waals surface area contributed by atoms with Crippen LogP contribution in [0.4, 0.5) is 5.69 Å². The summed E-state index contributed by atoms with van der Waals surface area (Å²) >= 11 is 3.40. The lowest BCUT2D eigenvalue weighted by molar-refractivity contribution is -0.118. The molecule has 0 spiro atoms. The van der Waals surface area contributed by atoms with Crippen molar-refractivity contribution in [3.63, 3.8) is 0 Å². The second-order valence-corrected chi connectivity index (χ2v) is 6.93. The van der Waals surface area contributed by atoms with Crippen molar-refractivity contribution in [1.29, 1.82) is 0 Å². The van der Waals surface area contributed by atoms with Crippen LogP contribution < -0.4 is 5.32 Å². The van der Waals surface area contributed by atoms with Crippen LogP contribution in [0.2, 0.25) is 0 Å². The highest BCUT2D eigenvalue weighted by molar-refractivity contribution is 9.10.